The Kier molecular flexibility index (Phi) is 2.65. The molecule has 2 aromatic rings. The summed E-state index contributed by atoms with van der Waals surface area (Å²) in [4.78, 5) is 4.17. The van der Waals surface area contributed by atoms with Crippen molar-refractivity contribution in [2.75, 3.05) is 0 Å². The fraction of sp³-hybridized carbons (Fsp3) is 0.308. The first-order valence-corrected chi connectivity index (χ1v) is 5.74. The lowest BCUT2D eigenvalue weighted by molar-refractivity contribution is 0.567. The number of nitrogens with one attached hydrogen (secondary N) is 1. The van der Waals surface area contributed by atoms with Crippen LogP contribution in [-0.4, -0.2) is 11.0 Å². The van der Waals surface area contributed by atoms with Crippen LogP contribution in [0.3, 0.4) is 0 Å². The van der Waals surface area contributed by atoms with E-state index >= 15 is 0 Å². The number of halogens is 1. The van der Waals surface area contributed by atoms with Crippen LogP contribution in [0, 0.1) is 5.82 Å². The fourth-order valence-electron chi connectivity index (χ4n) is 1.79. The molecule has 0 saturated heterocycles. The van der Waals surface area contributed by atoms with E-state index in [1.165, 1.54) is 31.4 Å². The molecule has 3 rings (SSSR count). The molecule has 0 atom stereocenters. The van der Waals surface area contributed by atoms with E-state index in [2.05, 4.69) is 10.3 Å². The molecule has 1 heterocycles. The van der Waals surface area contributed by atoms with E-state index in [9.17, 15) is 4.39 Å². The maximum atomic E-state index is 13.1. The van der Waals surface area contributed by atoms with Gasteiger partial charge in [0.05, 0.1) is 0 Å². The third-order valence-electron chi connectivity index (χ3n) is 2.86. The number of oxazole rings is 1. The lowest BCUT2D eigenvalue weighted by atomic mass is 10.1. The summed E-state index contributed by atoms with van der Waals surface area (Å²) < 4.78 is 18.5. The molecule has 1 aliphatic carbocycles. The van der Waals surface area contributed by atoms with Crippen molar-refractivity contribution in [2.24, 2.45) is 0 Å². The third kappa shape index (κ3) is 2.36. The van der Waals surface area contributed by atoms with Crippen LogP contribution >= 0.6 is 0 Å². The molecule has 1 aromatic heterocycles. The van der Waals surface area contributed by atoms with Gasteiger partial charge >= 0.3 is 0 Å². The van der Waals surface area contributed by atoms with Gasteiger partial charge in [-0.15, -0.1) is 0 Å². The Bertz CT molecular complexity index is 520. The molecule has 0 radical (unpaired) electrons. The monoisotopic (exact) mass is 232 g/mol. The highest BCUT2D eigenvalue weighted by atomic mass is 19.1. The Morgan fingerprint density at radius 1 is 1.41 bits per heavy atom. The predicted octanol–water partition coefficient (Wildman–Crippen LogP) is 2.73. The van der Waals surface area contributed by atoms with Crippen molar-refractivity contribution in [1.82, 2.24) is 10.3 Å². The summed E-state index contributed by atoms with van der Waals surface area (Å²) in [5, 5.41) is 3.37. The lowest BCUT2D eigenvalue weighted by Gasteiger charge is -2.02. The molecule has 0 bridgehead atoms. The van der Waals surface area contributed by atoms with E-state index in [1.54, 1.807) is 6.07 Å². The first kappa shape index (κ1) is 10.5. The average molecular weight is 232 g/mol. The predicted molar refractivity (Wildman–Crippen MR) is 61.8 cm³/mol. The van der Waals surface area contributed by atoms with Crippen molar-refractivity contribution in [3.63, 3.8) is 0 Å². The van der Waals surface area contributed by atoms with E-state index < -0.39 is 0 Å². The van der Waals surface area contributed by atoms with Gasteiger partial charge in [0.25, 0.3) is 0 Å². The minimum Gasteiger partial charge on any atom is -0.443 e. The van der Waals surface area contributed by atoms with Crippen LogP contribution in [0.1, 0.15) is 18.5 Å². The van der Waals surface area contributed by atoms with Crippen LogP contribution in [-0.2, 0) is 6.54 Å². The van der Waals surface area contributed by atoms with E-state index in [4.69, 9.17) is 4.42 Å². The molecule has 0 amide bonds. The molecule has 4 heteroatoms. The summed E-state index contributed by atoms with van der Waals surface area (Å²) in [5.41, 5.74) is 1.57. The summed E-state index contributed by atoms with van der Waals surface area (Å²) in [7, 11) is 0. The smallest absolute Gasteiger partial charge is 0.181 e. The molecule has 17 heavy (non-hydrogen) atoms. The van der Waals surface area contributed by atoms with Crippen LogP contribution in [0.5, 0.6) is 0 Å². The van der Waals surface area contributed by atoms with Crippen molar-refractivity contribution in [3.8, 4) is 11.3 Å². The minimum absolute atomic E-state index is 0.264. The molecule has 0 unspecified atom stereocenters. The quantitative estimate of drug-likeness (QED) is 0.880. The number of aromatic nitrogens is 1. The highest BCUT2D eigenvalue weighted by Crippen LogP contribution is 2.25. The van der Waals surface area contributed by atoms with Crippen LogP contribution in [0.2, 0.25) is 0 Å². The molecule has 0 spiro atoms. The van der Waals surface area contributed by atoms with Crippen LogP contribution < -0.4 is 5.32 Å². The number of rotatable bonds is 4. The Morgan fingerprint density at radius 2 is 2.29 bits per heavy atom. The van der Waals surface area contributed by atoms with E-state index in [0.29, 0.717) is 18.3 Å². The van der Waals surface area contributed by atoms with Gasteiger partial charge in [-0.3, -0.25) is 0 Å². The molecule has 88 valence electrons. The van der Waals surface area contributed by atoms with Gasteiger partial charge < -0.3 is 9.73 Å². The summed E-state index contributed by atoms with van der Waals surface area (Å²) in [6.07, 6.45) is 3.87. The number of hydrogen-bond acceptors (Lipinski definition) is 3. The van der Waals surface area contributed by atoms with Gasteiger partial charge in [-0.25, -0.2) is 9.37 Å². The zero-order chi connectivity index (χ0) is 11.7. The summed E-state index contributed by atoms with van der Waals surface area (Å²) in [5.74, 6) is 0.387. The van der Waals surface area contributed by atoms with Gasteiger partial charge in [0, 0.05) is 18.2 Å². The largest absolute Gasteiger partial charge is 0.443 e. The second-order valence-electron chi connectivity index (χ2n) is 4.29. The Hall–Kier alpha value is -1.68. The average Bonchev–Trinajstić information content (AvgIpc) is 3.04. The van der Waals surface area contributed by atoms with Crippen molar-refractivity contribution in [2.45, 2.75) is 25.4 Å². The van der Waals surface area contributed by atoms with Crippen molar-refractivity contribution in [3.05, 3.63) is 42.2 Å². The molecule has 1 saturated carbocycles. The number of nitrogens with zero attached hydrogens (tertiary/aromatic N) is 1. The van der Waals surface area contributed by atoms with Crippen molar-refractivity contribution in [1.29, 1.82) is 0 Å². The number of benzene rings is 1. The van der Waals surface area contributed by atoms with Crippen LogP contribution in [0.4, 0.5) is 4.39 Å². The molecule has 1 aliphatic rings. The van der Waals surface area contributed by atoms with E-state index in [1.807, 2.05) is 6.07 Å². The molecule has 1 N–H and O–H groups in total. The zero-order valence-electron chi connectivity index (χ0n) is 9.32. The fourth-order valence-corrected chi connectivity index (χ4v) is 1.79. The maximum Gasteiger partial charge on any atom is 0.181 e. The van der Waals surface area contributed by atoms with Gasteiger partial charge in [0.1, 0.15) is 11.5 Å². The lowest BCUT2D eigenvalue weighted by Crippen LogP contribution is -2.15. The second-order valence-corrected chi connectivity index (χ2v) is 4.29. The van der Waals surface area contributed by atoms with E-state index in [0.717, 1.165) is 11.3 Å². The van der Waals surface area contributed by atoms with Gasteiger partial charge in [0.2, 0.25) is 0 Å². The molecule has 1 aromatic carbocycles. The van der Waals surface area contributed by atoms with Gasteiger partial charge in [-0.05, 0) is 25.0 Å². The number of hydrogen-bond donors (Lipinski definition) is 1. The second kappa shape index (κ2) is 4.30. The Labute approximate surface area is 98.7 Å². The summed E-state index contributed by atoms with van der Waals surface area (Å²) >= 11 is 0. The standard InChI is InChI=1S/C13H13FN2O/c14-10-3-1-2-9(6-10)13-12(16-8-17-13)7-15-11-4-5-11/h1-3,6,8,11,15H,4-5,7H2. The van der Waals surface area contributed by atoms with Crippen molar-refractivity contribution >= 4 is 0 Å². The maximum absolute atomic E-state index is 13.1. The third-order valence-corrected chi connectivity index (χ3v) is 2.86. The van der Waals surface area contributed by atoms with Crippen molar-refractivity contribution < 1.29 is 8.81 Å². The Balaban J connectivity index is 1.83. The SMILES string of the molecule is Fc1cccc(-c2ocnc2CNC2CC2)c1. The highest BCUT2D eigenvalue weighted by molar-refractivity contribution is 5.59. The van der Waals surface area contributed by atoms with Gasteiger partial charge in [-0.1, -0.05) is 12.1 Å². The topological polar surface area (TPSA) is 38.1 Å². The van der Waals surface area contributed by atoms with Crippen LogP contribution in [0.15, 0.2) is 35.1 Å². The normalized spacial score (nSPS) is 15.1. The van der Waals surface area contributed by atoms with E-state index in [-0.39, 0.29) is 5.82 Å². The molecular weight excluding hydrogens is 219 g/mol. The molecule has 0 aliphatic heterocycles. The van der Waals surface area contributed by atoms with Gasteiger partial charge in [0.15, 0.2) is 12.2 Å². The molecule has 1 fully saturated rings. The minimum atomic E-state index is -0.264. The van der Waals surface area contributed by atoms with Crippen LogP contribution in [0.25, 0.3) is 11.3 Å². The molecular formula is C13H13FN2O. The van der Waals surface area contributed by atoms with Gasteiger partial charge in [-0.2, -0.15) is 0 Å². The highest BCUT2D eigenvalue weighted by Gasteiger charge is 2.21. The molecule has 3 nitrogen and oxygen atoms in total. The zero-order valence-corrected chi connectivity index (χ0v) is 9.32. The first-order chi connectivity index (χ1) is 8.33. The summed E-state index contributed by atoms with van der Waals surface area (Å²) in [6.45, 7) is 0.674. The first-order valence-electron chi connectivity index (χ1n) is 5.74. The Morgan fingerprint density at radius 3 is 3.06 bits per heavy atom. The summed E-state index contributed by atoms with van der Waals surface area (Å²) in [6, 6.07) is 6.99.